The molecule has 0 heterocycles. The second-order valence-electron chi connectivity index (χ2n) is 17.4. The zero-order valence-corrected chi connectivity index (χ0v) is 49.4. The lowest BCUT2D eigenvalue weighted by Gasteiger charge is -2.09. The van der Waals surface area contributed by atoms with Crippen LogP contribution in [0.1, 0.15) is 77.6 Å². The Morgan fingerprint density at radius 3 is 0.494 bits per heavy atom. The number of carbonyl (C=O) groups excluding carboxylic acids is 1. The summed E-state index contributed by atoms with van der Waals surface area (Å²) in [5, 5.41) is 0. The highest BCUT2D eigenvalue weighted by atomic mass is 16.6. The Labute approximate surface area is 475 Å². The van der Waals surface area contributed by atoms with Crippen LogP contribution in [-0.2, 0) is 109 Å². The number of hydrogen-bond acceptors (Lipinski definition) is 23. The third-order valence-corrected chi connectivity index (χ3v) is 10.8. The maximum atomic E-state index is 11.0. The molecule has 23 heteroatoms. The van der Waals surface area contributed by atoms with Gasteiger partial charge in [0.05, 0.1) is 284 Å². The summed E-state index contributed by atoms with van der Waals surface area (Å²) in [5.41, 5.74) is 0. The van der Waals surface area contributed by atoms with Crippen LogP contribution in [0.15, 0.2) is 0 Å². The molecular weight excluding hydrogens is 1040 g/mol. The summed E-state index contributed by atoms with van der Waals surface area (Å²) in [6.45, 7) is 23.3. The predicted octanol–water partition coefficient (Wildman–Crippen LogP) is 4.82. The van der Waals surface area contributed by atoms with Gasteiger partial charge in [-0.2, -0.15) is 0 Å². The number of rotatable bonds is 74. The maximum Gasteiger partial charge on any atom is 0.307 e. The fourth-order valence-electron chi connectivity index (χ4n) is 6.45. The molecule has 0 unspecified atom stereocenters. The Hall–Kier alpha value is -1.37. The van der Waals surface area contributed by atoms with Crippen molar-refractivity contribution in [3.05, 3.63) is 0 Å². The average molecular weight is 1150 g/mol. The van der Waals surface area contributed by atoms with Crippen molar-refractivity contribution >= 4 is 5.97 Å². The minimum atomic E-state index is -0.290. The number of esters is 1. The normalized spacial score (nSPS) is 11.7. The van der Waals surface area contributed by atoms with Gasteiger partial charge in [0.15, 0.2) is 0 Å². The van der Waals surface area contributed by atoms with Gasteiger partial charge in [0.1, 0.15) is 0 Å². The highest BCUT2D eigenvalue weighted by Crippen LogP contribution is 2.10. The van der Waals surface area contributed by atoms with E-state index in [0.29, 0.717) is 271 Å². The first-order valence-electron chi connectivity index (χ1n) is 29.5. The van der Waals surface area contributed by atoms with Crippen molar-refractivity contribution in [3.63, 3.8) is 0 Å². The van der Waals surface area contributed by atoms with Crippen LogP contribution in [0.4, 0.5) is 0 Å². The smallest absolute Gasteiger partial charge is 0.307 e. The second kappa shape index (κ2) is 74.6. The molecule has 0 radical (unpaired) electrons. The topological polar surface area (TPSA) is 220 Å². The summed E-state index contributed by atoms with van der Waals surface area (Å²) in [6.07, 6.45) is 13.6. The van der Waals surface area contributed by atoms with Gasteiger partial charge in [-0.15, -0.1) is 0 Å². The zero-order chi connectivity index (χ0) is 56.6. The molecular formula is C56H112O23. The SMILES string of the molecule is CCCCCCCCCCCCOCCOCCOCCOCCOCCOCCOCCOCCOCCOCCOCCOCCOCCOCCOCCOCCOCCOCCOCCOCCOCCC(=O)OC. The van der Waals surface area contributed by atoms with Crippen molar-refractivity contribution in [2.45, 2.75) is 77.6 Å². The Kier molecular flexibility index (Phi) is 73.3. The van der Waals surface area contributed by atoms with Crippen LogP contribution in [0, 0.1) is 0 Å². The van der Waals surface area contributed by atoms with Crippen LogP contribution >= 0.6 is 0 Å². The fourth-order valence-corrected chi connectivity index (χ4v) is 6.45. The molecule has 0 rings (SSSR count). The molecule has 0 fully saturated rings. The van der Waals surface area contributed by atoms with Crippen molar-refractivity contribution in [3.8, 4) is 0 Å². The van der Waals surface area contributed by atoms with E-state index in [9.17, 15) is 4.79 Å². The van der Waals surface area contributed by atoms with Crippen LogP contribution in [0.3, 0.4) is 0 Å². The van der Waals surface area contributed by atoms with Crippen molar-refractivity contribution in [1.82, 2.24) is 0 Å². The molecule has 0 aromatic rings. The van der Waals surface area contributed by atoms with Gasteiger partial charge in [-0.25, -0.2) is 0 Å². The van der Waals surface area contributed by atoms with E-state index in [1.54, 1.807) is 0 Å². The molecule has 0 aliphatic rings. The van der Waals surface area contributed by atoms with E-state index in [-0.39, 0.29) is 12.4 Å². The molecule has 0 atom stereocenters. The molecule has 0 aromatic carbocycles. The quantitative estimate of drug-likeness (QED) is 0.0589. The minimum absolute atomic E-state index is 0.238. The van der Waals surface area contributed by atoms with Crippen LogP contribution in [-0.4, -0.2) is 291 Å². The number of carbonyl (C=O) groups is 1. The van der Waals surface area contributed by atoms with Gasteiger partial charge < -0.3 is 104 Å². The molecule has 0 amide bonds. The number of hydrogen-bond donors (Lipinski definition) is 0. The minimum Gasteiger partial charge on any atom is -0.469 e. The average Bonchev–Trinajstić information content (AvgIpc) is 3.46. The van der Waals surface area contributed by atoms with Gasteiger partial charge >= 0.3 is 5.97 Å². The van der Waals surface area contributed by atoms with E-state index < -0.39 is 0 Å². The summed E-state index contributed by atoms with van der Waals surface area (Å²) in [5.74, 6) is -0.290. The van der Waals surface area contributed by atoms with E-state index in [1.165, 1.54) is 64.9 Å². The van der Waals surface area contributed by atoms with E-state index in [1.807, 2.05) is 0 Å². The Bertz CT molecular complexity index is 1090. The number of methoxy groups -OCH3 is 1. The van der Waals surface area contributed by atoms with E-state index in [4.69, 9.17) is 99.5 Å². The van der Waals surface area contributed by atoms with Gasteiger partial charge in [-0.3, -0.25) is 4.79 Å². The Morgan fingerprint density at radius 2 is 0.329 bits per heavy atom. The largest absolute Gasteiger partial charge is 0.469 e. The van der Waals surface area contributed by atoms with Gasteiger partial charge in [0.2, 0.25) is 0 Å². The third-order valence-electron chi connectivity index (χ3n) is 10.8. The number of ether oxygens (including phenoxy) is 22. The molecule has 0 aliphatic carbocycles. The van der Waals surface area contributed by atoms with Crippen molar-refractivity contribution in [1.29, 1.82) is 0 Å². The Morgan fingerprint density at radius 1 is 0.190 bits per heavy atom. The van der Waals surface area contributed by atoms with Crippen molar-refractivity contribution < 1.29 is 109 Å². The molecule has 0 spiro atoms. The summed E-state index contributed by atoms with van der Waals surface area (Å²) in [4.78, 5) is 11.0. The Balaban J connectivity index is 3.08. The predicted molar refractivity (Wildman–Crippen MR) is 296 cm³/mol. The van der Waals surface area contributed by atoms with Crippen LogP contribution in [0.25, 0.3) is 0 Å². The molecule has 474 valence electrons. The number of unbranched alkanes of at least 4 members (excludes halogenated alkanes) is 9. The van der Waals surface area contributed by atoms with E-state index in [0.717, 1.165) is 13.0 Å². The van der Waals surface area contributed by atoms with Crippen LogP contribution in [0.5, 0.6) is 0 Å². The highest BCUT2D eigenvalue weighted by Gasteiger charge is 2.02. The summed E-state index contributed by atoms with van der Waals surface area (Å²) in [6, 6.07) is 0. The molecule has 0 aliphatic heterocycles. The van der Waals surface area contributed by atoms with E-state index in [2.05, 4.69) is 11.7 Å². The molecule has 23 nitrogen and oxygen atoms in total. The fraction of sp³-hybridized carbons (Fsp3) is 0.982. The zero-order valence-electron chi connectivity index (χ0n) is 49.4. The first-order chi connectivity index (χ1) is 39.3. The summed E-state index contributed by atoms with van der Waals surface area (Å²) in [7, 11) is 1.35. The summed E-state index contributed by atoms with van der Waals surface area (Å²) >= 11 is 0. The molecule has 0 saturated heterocycles. The lowest BCUT2D eigenvalue weighted by molar-refractivity contribution is -0.141. The van der Waals surface area contributed by atoms with Crippen molar-refractivity contribution in [2.75, 3.05) is 285 Å². The van der Waals surface area contributed by atoms with Crippen molar-refractivity contribution in [2.24, 2.45) is 0 Å². The second-order valence-corrected chi connectivity index (χ2v) is 17.4. The lowest BCUT2D eigenvalue weighted by Crippen LogP contribution is -2.16. The highest BCUT2D eigenvalue weighted by molar-refractivity contribution is 5.69. The first-order valence-corrected chi connectivity index (χ1v) is 29.5. The molecule has 0 bridgehead atoms. The molecule has 0 N–H and O–H groups in total. The summed E-state index contributed by atoms with van der Waals surface area (Å²) < 4.78 is 120. The first kappa shape index (κ1) is 77.6. The third kappa shape index (κ3) is 74.6. The monoisotopic (exact) mass is 1150 g/mol. The molecule has 79 heavy (non-hydrogen) atoms. The van der Waals surface area contributed by atoms with Gasteiger partial charge in [-0.1, -0.05) is 64.7 Å². The molecule has 0 saturated carbocycles. The van der Waals surface area contributed by atoms with Gasteiger partial charge in [-0.05, 0) is 6.42 Å². The van der Waals surface area contributed by atoms with Crippen LogP contribution < -0.4 is 0 Å². The maximum absolute atomic E-state index is 11.0. The van der Waals surface area contributed by atoms with Gasteiger partial charge in [0, 0.05) is 6.61 Å². The van der Waals surface area contributed by atoms with Crippen LogP contribution in [0.2, 0.25) is 0 Å². The standard InChI is InChI=1S/C56H112O23/c1-3-4-5-6-7-8-9-10-11-12-14-59-16-18-61-20-22-63-24-26-65-28-30-67-32-34-69-36-38-71-40-42-73-44-46-75-48-50-77-52-54-79-55-53-78-51-49-76-47-45-74-43-41-72-39-37-70-35-33-68-31-29-66-27-25-64-23-21-62-19-17-60-15-13-56(57)58-2/h3-55H2,1-2H3. The lowest BCUT2D eigenvalue weighted by atomic mass is 10.1. The van der Waals surface area contributed by atoms with Gasteiger partial charge in [0.25, 0.3) is 0 Å². The van der Waals surface area contributed by atoms with E-state index >= 15 is 0 Å². The molecule has 0 aromatic heterocycles.